The standard InChI is InChI=1S/C17H24N4O4S/c1-17(2,3)25-16(23)20-14(12-26-10-9-19-21-18)15(22)24-11-13-7-5-4-6-8-13/h4-8,14H,9-12H2,1-3H3,(H,20,23)/t14-/m0/s1. The zero-order valence-corrected chi connectivity index (χ0v) is 16.0. The Morgan fingerprint density at radius 3 is 2.62 bits per heavy atom. The van der Waals surface area contributed by atoms with Gasteiger partial charge in [0.15, 0.2) is 0 Å². The molecule has 9 heteroatoms. The van der Waals surface area contributed by atoms with Gasteiger partial charge in [-0.1, -0.05) is 35.4 Å². The highest BCUT2D eigenvalue weighted by atomic mass is 32.2. The molecule has 0 fully saturated rings. The summed E-state index contributed by atoms with van der Waals surface area (Å²) >= 11 is 1.38. The SMILES string of the molecule is CC(C)(C)OC(=O)N[C@@H](CSCCN=[N+]=[N-])C(=O)OCc1ccccc1. The summed E-state index contributed by atoms with van der Waals surface area (Å²) in [5.74, 6) is 0.270. The van der Waals surface area contributed by atoms with Crippen LogP contribution in [-0.4, -0.2) is 41.8 Å². The second kappa shape index (κ2) is 11.3. The summed E-state index contributed by atoms with van der Waals surface area (Å²) in [5.41, 5.74) is 8.45. The van der Waals surface area contributed by atoms with Crippen LogP contribution in [0.4, 0.5) is 4.79 Å². The van der Waals surface area contributed by atoms with E-state index in [-0.39, 0.29) is 12.4 Å². The summed E-state index contributed by atoms with van der Waals surface area (Å²) in [7, 11) is 0. The predicted octanol–water partition coefficient (Wildman–Crippen LogP) is 3.67. The fraction of sp³-hybridized carbons (Fsp3) is 0.529. The normalized spacial score (nSPS) is 11.8. The van der Waals surface area contributed by atoms with E-state index >= 15 is 0 Å². The summed E-state index contributed by atoms with van der Waals surface area (Å²) in [6, 6.07) is 8.41. The van der Waals surface area contributed by atoms with Gasteiger partial charge in [0, 0.05) is 17.2 Å². The van der Waals surface area contributed by atoms with Gasteiger partial charge in [0.2, 0.25) is 0 Å². The number of nitrogens with zero attached hydrogens (tertiary/aromatic N) is 3. The lowest BCUT2D eigenvalue weighted by atomic mass is 10.2. The molecule has 0 aromatic heterocycles. The number of amides is 1. The van der Waals surface area contributed by atoms with Gasteiger partial charge in [0.05, 0.1) is 0 Å². The van der Waals surface area contributed by atoms with Crippen LogP contribution in [0.25, 0.3) is 10.4 Å². The van der Waals surface area contributed by atoms with Crippen molar-refractivity contribution in [2.75, 3.05) is 18.1 Å². The lowest BCUT2D eigenvalue weighted by molar-refractivity contribution is -0.146. The first-order valence-electron chi connectivity index (χ1n) is 8.10. The van der Waals surface area contributed by atoms with Crippen LogP contribution in [0.15, 0.2) is 35.4 Å². The van der Waals surface area contributed by atoms with Gasteiger partial charge in [0.1, 0.15) is 18.2 Å². The second-order valence-electron chi connectivity index (χ2n) is 6.32. The van der Waals surface area contributed by atoms with Crippen molar-refractivity contribution in [3.05, 3.63) is 46.3 Å². The Kier molecular flexibility index (Phi) is 9.40. The van der Waals surface area contributed by atoms with Gasteiger partial charge < -0.3 is 14.8 Å². The number of nitrogens with one attached hydrogen (secondary N) is 1. The smallest absolute Gasteiger partial charge is 0.408 e. The molecule has 0 heterocycles. The Hall–Kier alpha value is -2.38. The maximum Gasteiger partial charge on any atom is 0.408 e. The number of hydrogen-bond acceptors (Lipinski definition) is 6. The molecule has 0 radical (unpaired) electrons. The van der Waals surface area contributed by atoms with Crippen LogP contribution in [-0.2, 0) is 20.9 Å². The molecule has 1 rings (SSSR count). The highest BCUT2D eigenvalue weighted by molar-refractivity contribution is 7.99. The van der Waals surface area contributed by atoms with E-state index in [0.717, 1.165) is 5.56 Å². The van der Waals surface area contributed by atoms with E-state index in [2.05, 4.69) is 15.3 Å². The quantitative estimate of drug-likeness (QED) is 0.231. The Bertz CT molecular complexity index is 627. The van der Waals surface area contributed by atoms with Crippen molar-refractivity contribution >= 4 is 23.8 Å². The van der Waals surface area contributed by atoms with Crippen LogP contribution < -0.4 is 5.32 Å². The van der Waals surface area contributed by atoms with Crippen molar-refractivity contribution in [1.82, 2.24) is 5.32 Å². The molecule has 0 bridgehead atoms. The molecule has 0 spiro atoms. The van der Waals surface area contributed by atoms with Gasteiger partial charge in [-0.3, -0.25) is 0 Å². The molecule has 0 saturated carbocycles. The van der Waals surface area contributed by atoms with Crippen LogP contribution in [0.3, 0.4) is 0 Å². The summed E-state index contributed by atoms with van der Waals surface area (Å²) in [4.78, 5) is 27.0. The van der Waals surface area contributed by atoms with Crippen LogP contribution >= 0.6 is 11.8 Å². The molecule has 142 valence electrons. The fourth-order valence-electron chi connectivity index (χ4n) is 1.80. The Morgan fingerprint density at radius 2 is 2.00 bits per heavy atom. The van der Waals surface area contributed by atoms with Crippen LogP contribution in [0.1, 0.15) is 26.3 Å². The molecule has 1 aromatic rings. The van der Waals surface area contributed by atoms with Gasteiger partial charge in [-0.15, -0.1) is 0 Å². The van der Waals surface area contributed by atoms with Crippen molar-refractivity contribution in [2.24, 2.45) is 5.11 Å². The Morgan fingerprint density at radius 1 is 1.31 bits per heavy atom. The third-order valence-corrected chi connectivity index (χ3v) is 3.92. The van der Waals surface area contributed by atoms with Crippen molar-refractivity contribution in [3.63, 3.8) is 0 Å². The number of azide groups is 1. The number of alkyl carbamates (subject to hydrolysis) is 1. The van der Waals surface area contributed by atoms with Gasteiger partial charge in [-0.25, -0.2) is 9.59 Å². The third kappa shape index (κ3) is 9.80. The number of carbonyl (C=O) groups excluding carboxylic acids is 2. The van der Waals surface area contributed by atoms with Gasteiger partial charge in [-0.05, 0) is 37.6 Å². The molecule has 0 aliphatic rings. The minimum atomic E-state index is -0.857. The molecule has 1 aromatic carbocycles. The highest BCUT2D eigenvalue weighted by Gasteiger charge is 2.25. The zero-order chi connectivity index (χ0) is 19.4. The largest absolute Gasteiger partial charge is 0.459 e. The van der Waals surface area contributed by atoms with E-state index < -0.39 is 23.7 Å². The number of benzene rings is 1. The molecular weight excluding hydrogens is 356 g/mol. The molecule has 8 nitrogen and oxygen atoms in total. The monoisotopic (exact) mass is 380 g/mol. The second-order valence-corrected chi connectivity index (χ2v) is 7.47. The van der Waals surface area contributed by atoms with Crippen molar-refractivity contribution in [3.8, 4) is 0 Å². The van der Waals surface area contributed by atoms with E-state index in [0.29, 0.717) is 12.3 Å². The summed E-state index contributed by atoms with van der Waals surface area (Å²) in [6.07, 6.45) is -0.685. The zero-order valence-electron chi connectivity index (χ0n) is 15.2. The van der Waals surface area contributed by atoms with E-state index in [1.54, 1.807) is 20.8 Å². The number of thioether (sulfide) groups is 1. The Labute approximate surface area is 157 Å². The number of rotatable bonds is 9. The number of carbonyl (C=O) groups is 2. The molecule has 0 aliphatic carbocycles. The summed E-state index contributed by atoms with van der Waals surface area (Å²) in [5, 5.41) is 5.97. The maximum absolute atomic E-state index is 12.3. The molecule has 1 atom stereocenters. The minimum absolute atomic E-state index is 0.121. The first-order chi connectivity index (χ1) is 12.3. The van der Waals surface area contributed by atoms with Gasteiger partial charge >= 0.3 is 12.1 Å². The van der Waals surface area contributed by atoms with E-state index in [1.807, 2.05) is 30.3 Å². The first-order valence-corrected chi connectivity index (χ1v) is 9.26. The highest BCUT2D eigenvalue weighted by Crippen LogP contribution is 2.10. The summed E-state index contributed by atoms with van der Waals surface area (Å²) in [6.45, 7) is 5.65. The molecule has 1 amide bonds. The van der Waals surface area contributed by atoms with E-state index in [4.69, 9.17) is 15.0 Å². The molecule has 26 heavy (non-hydrogen) atoms. The lowest BCUT2D eigenvalue weighted by Gasteiger charge is -2.22. The van der Waals surface area contributed by atoms with E-state index in [9.17, 15) is 9.59 Å². The average Bonchev–Trinajstić information content (AvgIpc) is 2.57. The van der Waals surface area contributed by atoms with Gasteiger partial charge in [-0.2, -0.15) is 11.8 Å². The first kappa shape index (κ1) is 21.7. The number of hydrogen-bond donors (Lipinski definition) is 1. The van der Waals surface area contributed by atoms with E-state index in [1.165, 1.54) is 11.8 Å². The lowest BCUT2D eigenvalue weighted by Crippen LogP contribution is -2.45. The number of ether oxygens (including phenoxy) is 2. The molecular formula is C17H24N4O4S. The van der Waals surface area contributed by atoms with Crippen molar-refractivity contribution in [1.29, 1.82) is 0 Å². The number of esters is 1. The topological polar surface area (TPSA) is 113 Å². The fourth-order valence-corrected chi connectivity index (χ4v) is 2.63. The van der Waals surface area contributed by atoms with Crippen LogP contribution in [0, 0.1) is 0 Å². The van der Waals surface area contributed by atoms with Crippen LogP contribution in [0.2, 0.25) is 0 Å². The molecule has 0 unspecified atom stereocenters. The predicted molar refractivity (Wildman–Crippen MR) is 101 cm³/mol. The molecule has 1 N–H and O–H groups in total. The third-order valence-electron chi connectivity index (χ3n) is 2.88. The van der Waals surface area contributed by atoms with Crippen molar-refractivity contribution < 1.29 is 19.1 Å². The summed E-state index contributed by atoms with van der Waals surface area (Å²) < 4.78 is 10.5. The van der Waals surface area contributed by atoms with Crippen molar-refractivity contribution in [2.45, 2.75) is 39.0 Å². The molecule has 0 aliphatic heterocycles. The van der Waals surface area contributed by atoms with Crippen LogP contribution in [0.5, 0.6) is 0 Å². The Balaban J connectivity index is 2.60. The van der Waals surface area contributed by atoms with Gasteiger partial charge in [0.25, 0.3) is 0 Å². The molecule has 0 saturated heterocycles. The average molecular weight is 380 g/mol. The maximum atomic E-state index is 12.3. The minimum Gasteiger partial charge on any atom is -0.459 e.